The van der Waals surface area contributed by atoms with Crippen LogP contribution >= 0.6 is 23.2 Å². The highest BCUT2D eigenvalue weighted by atomic mass is 35.5. The van der Waals surface area contributed by atoms with E-state index in [2.05, 4.69) is 5.32 Å². The average molecular weight is 287 g/mol. The maximum Gasteiger partial charge on any atom is 0.250 e. The molecule has 18 heavy (non-hydrogen) atoms. The third kappa shape index (κ3) is 2.06. The molecule has 0 saturated carbocycles. The zero-order valence-corrected chi connectivity index (χ0v) is 11.4. The lowest BCUT2D eigenvalue weighted by Crippen LogP contribution is -2.61. The molecule has 2 unspecified atom stereocenters. The predicted octanol–water partition coefficient (Wildman–Crippen LogP) is 2.23. The number of benzene rings is 1. The number of nitrogens with one attached hydrogen (secondary N) is 1. The lowest BCUT2D eigenvalue weighted by atomic mass is 10.1. The molecule has 4 nitrogen and oxygen atoms in total. The van der Waals surface area contributed by atoms with E-state index >= 15 is 0 Å². The Hall–Kier alpha value is -1.26. The van der Waals surface area contributed by atoms with E-state index in [1.54, 1.807) is 32.0 Å². The molecule has 96 valence electrons. The Bertz CT molecular complexity index is 519. The second kappa shape index (κ2) is 4.78. The standard InChI is InChI=1S/C12H12Cl2N2O2/c1-6-12(18)16(7(2)11(17)15-6)9-5-3-4-8(13)10(9)14/h3-7H,1-2H3,(H,15,17). The van der Waals surface area contributed by atoms with Crippen LogP contribution in [0.3, 0.4) is 0 Å². The van der Waals surface area contributed by atoms with Gasteiger partial charge in [0.1, 0.15) is 12.1 Å². The van der Waals surface area contributed by atoms with Crippen molar-refractivity contribution in [2.24, 2.45) is 0 Å². The fraction of sp³-hybridized carbons (Fsp3) is 0.333. The van der Waals surface area contributed by atoms with Gasteiger partial charge in [0, 0.05) is 0 Å². The van der Waals surface area contributed by atoms with Crippen LogP contribution in [0.4, 0.5) is 5.69 Å². The van der Waals surface area contributed by atoms with Crippen molar-refractivity contribution < 1.29 is 9.59 Å². The number of nitrogens with zero attached hydrogens (tertiary/aromatic N) is 1. The Morgan fingerprint density at radius 1 is 1.22 bits per heavy atom. The van der Waals surface area contributed by atoms with E-state index in [0.29, 0.717) is 10.7 Å². The van der Waals surface area contributed by atoms with Crippen molar-refractivity contribution in [2.45, 2.75) is 25.9 Å². The lowest BCUT2D eigenvalue weighted by Gasteiger charge is -2.36. The second-order valence-electron chi connectivity index (χ2n) is 4.19. The molecule has 2 amide bonds. The van der Waals surface area contributed by atoms with Gasteiger partial charge in [-0.25, -0.2) is 0 Å². The van der Waals surface area contributed by atoms with Crippen LogP contribution in [-0.2, 0) is 9.59 Å². The molecule has 1 heterocycles. The van der Waals surface area contributed by atoms with Gasteiger partial charge in [0.2, 0.25) is 11.8 Å². The molecular weight excluding hydrogens is 275 g/mol. The van der Waals surface area contributed by atoms with Gasteiger partial charge in [0.15, 0.2) is 0 Å². The summed E-state index contributed by atoms with van der Waals surface area (Å²) >= 11 is 12.0. The van der Waals surface area contributed by atoms with E-state index in [0.717, 1.165) is 0 Å². The Labute approximate surface area is 115 Å². The van der Waals surface area contributed by atoms with Gasteiger partial charge in [-0.2, -0.15) is 0 Å². The zero-order chi connectivity index (χ0) is 13.4. The van der Waals surface area contributed by atoms with Gasteiger partial charge < -0.3 is 5.32 Å². The molecule has 6 heteroatoms. The summed E-state index contributed by atoms with van der Waals surface area (Å²) in [5.41, 5.74) is 0.461. The first-order chi connectivity index (χ1) is 8.43. The summed E-state index contributed by atoms with van der Waals surface area (Å²) in [6, 6.07) is 3.83. The van der Waals surface area contributed by atoms with Crippen molar-refractivity contribution in [3.63, 3.8) is 0 Å². The summed E-state index contributed by atoms with van der Waals surface area (Å²) in [6.07, 6.45) is 0. The Morgan fingerprint density at radius 2 is 1.89 bits per heavy atom. The van der Waals surface area contributed by atoms with Crippen molar-refractivity contribution in [1.82, 2.24) is 5.32 Å². The number of carbonyl (C=O) groups is 2. The van der Waals surface area contributed by atoms with Crippen molar-refractivity contribution in [2.75, 3.05) is 4.90 Å². The van der Waals surface area contributed by atoms with Crippen LogP contribution in [0.25, 0.3) is 0 Å². The molecule has 2 rings (SSSR count). The largest absolute Gasteiger partial charge is 0.343 e. The SMILES string of the molecule is CC1NC(=O)C(C)N(c2cccc(Cl)c2Cl)C1=O. The van der Waals surface area contributed by atoms with Gasteiger partial charge in [-0.1, -0.05) is 29.3 Å². The number of amides is 2. The van der Waals surface area contributed by atoms with Crippen LogP contribution in [-0.4, -0.2) is 23.9 Å². The molecule has 0 bridgehead atoms. The predicted molar refractivity (Wildman–Crippen MR) is 71.0 cm³/mol. The van der Waals surface area contributed by atoms with Gasteiger partial charge in [-0.3, -0.25) is 14.5 Å². The summed E-state index contributed by atoms with van der Waals surface area (Å²) < 4.78 is 0. The summed E-state index contributed by atoms with van der Waals surface area (Å²) in [7, 11) is 0. The van der Waals surface area contributed by atoms with Crippen molar-refractivity contribution in [3.8, 4) is 0 Å². The topological polar surface area (TPSA) is 49.4 Å². The fourth-order valence-electron chi connectivity index (χ4n) is 1.92. The van der Waals surface area contributed by atoms with E-state index < -0.39 is 12.1 Å². The third-order valence-electron chi connectivity index (χ3n) is 2.92. The Morgan fingerprint density at radius 3 is 2.56 bits per heavy atom. The molecule has 1 saturated heterocycles. The maximum absolute atomic E-state index is 12.2. The molecule has 1 aliphatic rings. The number of anilines is 1. The van der Waals surface area contributed by atoms with Gasteiger partial charge in [-0.15, -0.1) is 0 Å². The number of hydrogen-bond donors (Lipinski definition) is 1. The van der Waals surface area contributed by atoms with Crippen molar-refractivity contribution in [1.29, 1.82) is 0 Å². The molecule has 2 atom stereocenters. The van der Waals surface area contributed by atoms with Crippen LogP contribution in [0.15, 0.2) is 18.2 Å². The number of rotatable bonds is 1. The van der Waals surface area contributed by atoms with Crippen LogP contribution < -0.4 is 10.2 Å². The first-order valence-electron chi connectivity index (χ1n) is 5.51. The monoisotopic (exact) mass is 286 g/mol. The minimum absolute atomic E-state index is 0.203. The second-order valence-corrected chi connectivity index (χ2v) is 4.97. The summed E-state index contributed by atoms with van der Waals surface area (Å²) in [6.45, 7) is 3.29. The van der Waals surface area contributed by atoms with Crippen LogP contribution in [0.1, 0.15) is 13.8 Å². The fourth-order valence-corrected chi connectivity index (χ4v) is 2.30. The molecule has 0 radical (unpaired) electrons. The molecule has 1 aliphatic heterocycles. The number of carbonyl (C=O) groups excluding carboxylic acids is 2. The smallest absolute Gasteiger partial charge is 0.250 e. The highest BCUT2D eigenvalue weighted by molar-refractivity contribution is 6.44. The van der Waals surface area contributed by atoms with Crippen molar-refractivity contribution in [3.05, 3.63) is 28.2 Å². The highest BCUT2D eigenvalue weighted by Gasteiger charge is 2.37. The van der Waals surface area contributed by atoms with Crippen LogP contribution in [0, 0.1) is 0 Å². The minimum Gasteiger partial charge on any atom is -0.343 e. The normalized spacial score (nSPS) is 24.1. The zero-order valence-electron chi connectivity index (χ0n) is 9.91. The summed E-state index contributed by atoms with van der Waals surface area (Å²) in [5.74, 6) is -0.413. The Balaban J connectivity index is 2.50. The minimum atomic E-state index is -0.607. The van der Waals surface area contributed by atoms with Crippen molar-refractivity contribution >= 4 is 40.7 Å². The number of hydrogen-bond acceptors (Lipinski definition) is 2. The summed E-state index contributed by atoms with van der Waals surface area (Å²) in [4.78, 5) is 25.3. The molecule has 0 aliphatic carbocycles. The lowest BCUT2D eigenvalue weighted by molar-refractivity contribution is -0.133. The van der Waals surface area contributed by atoms with E-state index in [1.165, 1.54) is 4.90 Å². The van der Waals surface area contributed by atoms with E-state index in [9.17, 15) is 9.59 Å². The van der Waals surface area contributed by atoms with E-state index in [4.69, 9.17) is 23.2 Å². The average Bonchev–Trinajstić information content (AvgIpc) is 2.32. The van der Waals surface area contributed by atoms with Gasteiger partial charge in [0.05, 0.1) is 15.7 Å². The van der Waals surface area contributed by atoms with Crippen LogP contribution in [0.5, 0.6) is 0 Å². The van der Waals surface area contributed by atoms with Crippen LogP contribution in [0.2, 0.25) is 10.0 Å². The Kier molecular flexibility index (Phi) is 3.50. The number of halogens is 2. The highest BCUT2D eigenvalue weighted by Crippen LogP contribution is 2.34. The van der Waals surface area contributed by atoms with Gasteiger partial charge in [-0.05, 0) is 26.0 Å². The molecule has 1 aromatic rings. The quantitative estimate of drug-likeness (QED) is 0.861. The van der Waals surface area contributed by atoms with E-state index in [1.807, 2.05) is 0 Å². The molecule has 1 aromatic carbocycles. The first-order valence-corrected chi connectivity index (χ1v) is 6.26. The maximum atomic E-state index is 12.2. The van der Waals surface area contributed by atoms with Gasteiger partial charge >= 0.3 is 0 Å². The third-order valence-corrected chi connectivity index (χ3v) is 3.73. The molecule has 1 N–H and O–H groups in total. The number of piperazine rings is 1. The molecule has 1 fully saturated rings. The molecule has 0 aromatic heterocycles. The first kappa shape index (κ1) is 13.2. The summed E-state index contributed by atoms with van der Waals surface area (Å²) in [5, 5.41) is 3.24. The van der Waals surface area contributed by atoms with Gasteiger partial charge in [0.25, 0.3) is 0 Å². The molecular formula is C12H12Cl2N2O2. The van der Waals surface area contributed by atoms with E-state index in [-0.39, 0.29) is 16.8 Å². The molecule has 0 spiro atoms.